The van der Waals surface area contributed by atoms with Gasteiger partial charge in [0, 0.05) is 0 Å². The standard InChI is InChI=1S/C5H4N5O2P/c6-4-3-5(8-1-7-3)10(2-9-4)13(11)12/h1-2,6H,(H,7,8). The Hall–Kier alpha value is -1.59. The molecule has 2 aromatic rings. The normalized spacial score (nSPS) is 11.9. The van der Waals surface area contributed by atoms with Gasteiger partial charge in [0.2, 0.25) is 5.65 Å². The van der Waals surface area contributed by atoms with Crippen LogP contribution in [0, 0.1) is 5.41 Å². The molecule has 8 heteroatoms. The van der Waals surface area contributed by atoms with Crippen molar-refractivity contribution in [2.45, 2.75) is 0 Å². The maximum atomic E-state index is 10.7. The van der Waals surface area contributed by atoms with Crippen molar-refractivity contribution in [1.29, 1.82) is 5.41 Å². The van der Waals surface area contributed by atoms with Crippen molar-refractivity contribution in [2.75, 3.05) is 0 Å². The maximum absolute atomic E-state index is 10.7. The van der Waals surface area contributed by atoms with Crippen LogP contribution < -0.4 is 10.4 Å². The second kappa shape index (κ2) is 2.72. The van der Waals surface area contributed by atoms with E-state index in [0.717, 1.165) is 10.7 Å². The number of aromatic amines is 1. The summed E-state index contributed by atoms with van der Waals surface area (Å²) in [7, 11) is -2.79. The topological polar surface area (TPSA) is 110 Å². The second-order valence-corrected chi connectivity index (χ2v) is 3.18. The van der Waals surface area contributed by atoms with Crippen molar-refractivity contribution in [3.63, 3.8) is 0 Å². The molecule has 0 aliphatic rings. The smallest absolute Gasteiger partial charge is 0.447 e. The van der Waals surface area contributed by atoms with Crippen molar-refractivity contribution in [2.24, 2.45) is 0 Å². The average Bonchev–Trinajstić information content (AvgIpc) is 2.53. The SMILES string of the molecule is N=c1ncn([P+](=O)[O-])c2nc[nH]c12. The molecule has 2 heterocycles. The molecule has 0 aromatic carbocycles. The number of rotatable bonds is 1. The van der Waals surface area contributed by atoms with Crippen LogP contribution in [0.3, 0.4) is 0 Å². The van der Waals surface area contributed by atoms with Crippen LogP contribution in [-0.2, 0) is 4.57 Å². The van der Waals surface area contributed by atoms with Gasteiger partial charge in [-0.1, -0.05) is 0 Å². The van der Waals surface area contributed by atoms with Crippen molar-refractivity contribution >= 4 is 19.3 Å². The fourth-order valence-corrected chi connectivity index (χ4v) is 1.43. The summed E-state index contributed by atoms with van der Waals surface area (Å²) in [5, 5.41) is 7.33. The van der Waals surface area contributed by atoms with E-state index in [2.05, 4.69) is 15.0 Å². The highest BCUT2D eigenvalue weighted by molar-refractivity contribution is 7.34. The Balaban J connectivity index is 2.94. The Labute approximate surface area is 72.5 Å². The van der Waals surface area contributed by atoms with E-state index < -0.39 is 8.18 Å². The molecular weight excluding hydrogens is 193 g/mol. The van der Waals surface area contributed by atoms with E-state index in [1.807, 2.05) is 0 Å². The Bertz CT molecular complexity index is 529. The summed E-state index contributed by atoms with van der Waals surface area (Å²) in [5.41, 5.74) is 0.471. The third-order valence-electron chi connectivity index (χ3n) is 1.55. The van der Waals surface area contributed by atoms with E-state index in [0.29, 0.717) is 5.52 Å². The van der Waals surface area contributed by atoms with E-state index >= 15 is 0 Å². The summed E-state index contributed by atoms with van der Waals surface area (Å²) in [6.07, 6.45) is 2.37. The van der Waals surface area contributed by atoms with E-state index in [1.165, 1.54) is 6.33 Å². The molecule has 0 bridgehead atoms. The average molecular weight is 197 g/mol. The van der Waals surface area contributed by atoms with Crippen molar-refractivity contribution in [3.05, 3.63) is 18.1 Å². The second-order valence-electron chi connectivity index (χ2n) is 2.28. The van der Waals surface area contributed by atoms with Crippen LogP contribution in [-0.4, -0.2) is 19.3 Å². The van der Waals surface area contributed by atoms with E-state index in [1.54, 1.807) is 0 Å². The minimum absolute atomic E-state index is 0.0272. The third-order valence-corrected chi connectivity index (χ3v) is 2.19. The predicted molar refractivity (Wildman–Crippen MR) is 40.7 cm³/mol. The lowest BCUT2D eigenvalue weighted by molar-refractivity contribution is -0.166. The number of imidazole rings is 1. The molecule has 0 fully saturated rings. The lowest BCUT2D eigenvalue weighted by Gasteiger charge is -1.94. The van der Waals surface area contributed by atoms with Crippen LogP contribution in [0.2, 0.25) is 0 Å². The summed E-state index contributed by atoms with van der Waals surface area (Å²) < 4.78 is 11.6. The Morgan fingerprint density at radius 1 is 1.62 bits per heavy atom. The first kappa shape index (κ1) is 8.03. The predicted octanol–water partition coefficient (Wildman–Crippen LogP) is -0.895. The molecular formula is C5H4N5O2P. The van der Waals surface area contributed by atoms with Gasteiger partial charge in [-0.25, -0.2) is 9.97 Å². The molecule has 2 aromatic heterocycles. The van der Waals surface area contributed by atoms with Gasteiger partial charge < -0.3 is 9.88 Å². The first-order valence-corrected chi connectivity index (χ1v) is 4.43. The number of nitrogens with one attached hydrogen (secondary N) is 2. The first-order chi connectivity index (χ1) is 6.20. The van der Waals surface area contributed by atoms with Crippen molar-refractivity contribution < 1.29 is 9.46 Å². The van der Waals surface area contributed by atoms with Crippen molar-refractivity contribution in [3.8, 4) is 0 Å². The van der Waals surface area contributed by atoms with Gasteiger partial charge in [-0.3, -0.25) is 5.41 Å². The molecule has 1 atom stereocenters. The number of hydrogen-bond donors (Lipinski definition) is 2. The number of fused-ring (bicyclic) bond motifs is 1. The van der Waals surface area contributed by atoms with Crippen LogP contribution in [0.15, 0.2) is 12.7 Å². The third kappa shape index (κ3) is 1.14. The van der Waals surface area contributed by atoms with Crippen LogP contribution >= 0.6 is 8.18 Å². The molecule has 0 spiro atoms. The molecule has 1 unspecified atom stereocenters. The van der Waals surface area contributed by atoms with E-state index in [4.69, 9.17) is 5.41 Å². The van der Waals surface area contributed by atoms with E-state index in [9.17, 15) is 9.46 Å². The van der Waals surface area contributed by atoms with Crippen LogP contribution in [0.4, 0.5) is 0 Å². The number of hydrogen-bond acceptors (Lipinski definition) is 5. The minimum atomic E-state index is -2.79. The molecule has 66 valence electrons. The summed E-state index contributed by atoms with van der Waals surface area (Å²) in [4.78, 5) is 20.6. The highest BCUT2D eigenvalue weighted by atomic mass is 31.1. The summed E-state index contributed by atoms with van der Waals surface area (Å²) >= 11 is 0. The molecule has 13 heavy (non-hydrogen) atoms. The van der Waals surface area contributed by atoms with Gasteiger partial charge in [-0.15, -0.1) is 4.34 Å². The minimum Gasteiger partial charge on any atom is -0.573 e. The first-order valence-electron chi connectivity index (χ1n) is 3.30. The number of H-pyrrole nitrogens is 1. The Morgan fingerprint density at radius 3 is 3.08 bits per heavy atom. The summed E-state index contributed by atoms with van der Waals surface area (Å²) in [6.45, 7) is 0. The van der Waals surface area contributed by atoms with Gasteiger partial charge in [-0.2, -0.15) is 0 Å². The molecule has 7 nitrogen and oxygen atoms in total. The van der Waals surface area contributed by atoms with Gasteiger partial charge in [0.15, 0.2) is 5.49 Å². The highest BCUT2D eigenvalue weighted by Crippen LogP contribution is 2.15. The zero-order valence-corrected chi connectivity index (χ0v) is 7.15. The quantitative estimate of drug-likeness (QED) is 0.577. The molecule has 0 saturated carbocycles. The van der Waals surface area contributed by atoms with Gasteiger partial charge >= 0.3 is 8.18 Å². The molecule has 0 aliphatic carbocycles. The van der Waals surface area contributed by atoms with E-state index in [-0.39, 0.29) is 11.1 Å². The Kier molecular flexibility index (Phi) is 1.68. The van der Waals surface area contributed by atoms with Crippen molar-refractivity contribution in [1.82, 2.24) is 19.3 Å². The summed E-state index contributed by atoms with van der Waals surface area (Å²) in [5.74, 6) is 0. The molecule has 0 amide bonds. The molecule has 0 radical (unpaired) electrons. The van der Waals surface area contributed by atoms with Crippen LogP contribution in [0.5, 0.6) is 0 Å². The maximum Gasteiger partial charge on any atom is 0.447 e. The molecule has 2 N–H and O–H groups in total. The van der Waals surface area contributed by atoms with Gasteiger partial charge in [0.25, 0.3) is 0 Å². The number of nitrogens with zero attached hydrogens (tertiary/aromatic N) is 3. The Morgan fingerprint density at radius 2 is 2.38 bits per heavy atom. The van der Waals surface area contributed by atoms with Crippen LogP contribution in [0.1, 0.15) is 0 Å². The molecule has 0 saturated heterocycles. The molecule has 2 rings (SSSR count). The molecule has 0 aliphatic heterocycles. The van der Waals surface area contributed by atoms with Gasteiger partial charge in [0.05, 0.1) is 6.33 Å². The monoisotopic (exact) mass is 197 g/mol. The highest BCUT2D eigenvalue weighted by Gasteiger charge is 2.11. The lowest BCUT2D eigenvalue weighted by atomic mass is 10.5. The zero-order chi connectivity index (χ0) is 9.42. The van der Waals surface area contributed by atoms with Gasteiger partial charge in [0.1, 0.15) is 11.8 Å². The fourth-order valence-electron chi connectivity index (χ4n) is 0.986. The fraction of sp³-hybridized carbons (Fsp3) is 0. The number of aromatic nitrogens is 4. The largest absolute Gasteiger partial charge is 0.573 e. The summed E-state index contributed by atoms with van der Waals surface area (Å²) in [6, 6.07) is 0. The lowest BCUT2D eigenvalue weighted by Crippen LogP contribution is -2.11. The van der Waals surface area contributed by atoms with Gasteiger partial charge in [-0.05, 0) is 4.57 Å². The zero-order valence-electron chi connectivity index (χ0n) is 6.26. The van der Waals surface area contributed by atoms with Crippen LogP contribution in [0.25, 0.3) is 11.2 Å².